The maximum Gasteiger partial charge on any atom is 0.280 e. The number of benzene rings is 3. The van der Waals surface area contributed by atoms with Gasteiger partial charge in [0.1, 0.15) is 5.82 Å². The zero-order valence-corrected chi connectivity index (χ0v) is 16.3. The van der Waals surface area contributed by atoms with Crippen LogP contribution in [0.2, 0.25) is 5.02 Å². The van der Waals surface area contributed by atoms with Gasteiger partial charge in [0.25, 0.3) is 11.5 Å². The van der Waals surface area contributed by atoms with Crippen LogP contribution in [-0.4, -0.2) is 15.6 Å². The minimum atomic E-state index is -0.591. The molecule has 1 N–H and O–H groups in total. The predicted molar refractivity (Wildman–Crippen MR) is 116 cm³/mol. The third-order valence-corrected chi connectivity index (χ3v) is 4.78. The number of halogens is 2. The van der Waals surface area contributed by atoms with Gasteiger partial charge in [0.2, 0.25) is 0 Å². The molecular weight excluding hydrogens is 405 g/mol. The molecule has 1 aromatic heterocycles. The lowest BCUT2D eigenvalue weighted by atomic mass is 10.1. The van der Waals surface area contributed by atoms with Crippen molar-refractivity contribution in [3.63, 3.8) is 0 Å². The van der Waals surface area contributed by atoms with E-state index in [1.165, 1.54) is 30.4 Å². The van der Waals surface area contributed by atoms with Gasteiger partial charge >= 0.3 is 0 Å². The minimum Gasteiger partial charge on any atom is -0.268 e. The molecule has 0 radical (unpaired) electrons. The van der Waals surface area contributed by atoms with Crippen molar-refractivity contribution >= 4 is 34.5 Å². The van der Waals surface area contributed by atoms with Gasteiger partial charge in [0.15, 0.2) is 5.82 Å². The zero-order valence-electron chi connectivity index (χ0n) is 15.5. The molecule has 5 nitrogen and oxygen atoms in total. The monoisotopic (exact) mass is 419 g/mol. The molecule has 0 unspecified atom stereocenters. The summed E-state index contributed by atoms with van der Waals surface area (Å²) in [5.74, 6) is -1.16. The van der Waals surface area contributed by atoms with Crippen LogP contribution in [0.25, 0.3) is 28.4 Å². The molecule has 7 heteroatoms. The van der Waals surface area contributed by atoms with Gasteiger partial charge in [-0.2, -0.15) is 4.68 Å². The molecule has 4 aromatic rings. The summed E-state index contributed by atoms with van der Waals surface area (Å²) in [4.78, 5) is 30.0. The average molecular weight is 420 g/mol. The Morgan fingerprint density at radius 1 is 1.00 bits per heavy atom. The first-order valence-electron chi connectivity index (χ1n) is 9.05. The van der Waals surface area contributed by atoms with Crippen LogP contribution in [0, 0.1) is 5.82 Å². The number of aromatic nitrogens is 2. The van der Waals surface area contributed by atoms with Crippen molar-refractivity contribution in [2.75, 3.05) is 5.43 Å². The summed E-state index contributed by atoms with van der Waals surface area (Å²) in [7, 11) is 0. The Bertz CT molecular complexity index is 1350. The smallest absolute Gasteiger partial charge is 0.268 e. The van der Waals surface area contributed by atoms with E-state index in [1.54, 1.807) is 54.6 Å². The van der Waals surface area contributed by atoms with Crippen LogP contribution in [0.15, 0.2) is 83.7 Å². The predicted octanol–water partition coefficient (Wildman–Crippen LogP) is 4.64. The number of hydrogen-bond donors (Lipinski definition) is 1. The molecule has 0 fully saturated rings. The molecule has 0 spiro atoms. The van der Waals surface area contributed by atoms with Crippen molar-refractivity contribution < 1.29 is 9.18 Å². The van der Waals surface area contributed by atoms with Crippen molar-refractivity contribution in [1.82, 2.24) is 9.66 Å². The van der Waals surface area contributed by atoms with E-state index >= 15 is 0 Å². The Hall–Kier alpha value is -3.77. The summed E-state index contributed by atoms with van der Waals surface area (Å²) in [5, 5.41) is 0.783. The van der Waals surface area contributed by atoms with Gasteiger partial charge in [-0.15, -0.1) is 0 Å². The molecule has 0 aliphatic rings. The second-order valence-corrected chi connectivity index (χ2v) is 6.81. The minimum absolute atomic E-state index is 0.00343. The van der Waals surface area contributed by atoms with Crippen LogP contribution >= 0.6 is 11.6 Å². The summed E-state index contributed by atoms with van der Waals surface area (Å²) in [5.41, 5.74) is 3.12. The molecule has 1 amide bonds. The first-order valence-corrected chi connectivity index (χ1v) is 9.42. The second kappa shape index (κ2) is 8.31. The van der Waals surface area contributed by atoms with Gasteiger partial charge in [-0.25, -0.2) is 9.37 Å². The van der Waals surface area contributed by atoms with Gasteiger partial charge in [0, 0.05) is 11.1 Å². The largest absolute Gasteiger partial charge is 0.280 e. The quantitative estimate of drug-likeness (QED) is 0.490. The second-order valence-electron chi connectivity index (χ2n) is 6.40. The van der Waals surface area contributed by atoms with Gasteiger partial charge in [-0.3, -0.25) is 15.0 Å². The van der Waals surface area contributed by atoms with Crippen molar-refractivity contribution in [3.8, 4) is 11.4 Å². The fourth-order valence-corrected chi connectivity index (χ4v) is 3.18. The van der Waals surface area contributed by atoms with Crippen LogP contribution in [0.4, 0.5) is 4.39 Å². The number of hydrogen-bond acceptors (Lipinski definition) is 3. The van der Waals surface area contributed by atoms with E-state index in [1.807, 2.05) is 0 Å². The first-order chi connectivity index (χ1) is 14.5. The Morgan fingerprint density at radius 3 is 2.50 bits per heavy atom. The molecule has 0 bridgehead atoms. The van der Waals surface area contributed by atoms with Gasteiger partial charge in [0.05, 0.1) is 16.5 Å². The summed E-state index contributed by atoms with van der Waals surface area (Å²) >= 11 is 6.09. The molecule has 30 heavy (non-hydrogen) atoms. The third kappa shape index (κ3) is 3.86. The molecule has 0 saturated heterocycles. The van der Waals surface area contributed by atoms with Crippen molar-refractivity contribution in [2.45, 2.75) is 0 Å². The third-order valence-electron chi connectivity index (χ3n) is 4.43. The number of amides is 1. The molecule has 1 heterocycles. The fourth-order valence-electron chi connectivity index (χ4n) is 2.98. The number of para-hydroxylation sites is 1. The van der Waals surface area contributed by atoms with E-state index < -0.39 is 17.3 Å². The van der Waals surface area contributed by atoms with Crippen LogP contribution in [-0.2, 0) is 4.79 Å². The number of nitrogens with zero attached hydrogens (tertiary/aromatic N) is 2. The topological polar surface area (TPSA) is 64.0 Å². The molecule has 148 valence electrons. The van der Waals surface area contributed by atoms with Crippen LogP contribution < -0.4 is 11.0 Å². The van der Waals surface area contributed by atoms with Crippen molar-refractivity contribution in [3.05, 3.63) is 106 Å². The molecule has 3 aromatic carbocycles. The van der Waals surface area contributed by atoms with Crippen LogP contribution in [0.3, 0.4) is 0 Å². The van der Waals surface area contributed by atoms with Gasteiger partial charge in [-0.1, -0.05) is 54.1 Å². The summed E-state index contributed by atoms with van der Waals surface area (Å²) < 4.78 is 15.4. The van der Waals surface area contributed by atoms with E-state index in [2.05, 4.69) is 10.4 Å². The zero-order chi connectivity index (χ0) is 21.1. The molecule has 0 aliphatic heterocycles. The molecule has 0 atom stereocenters. The highest BCUT2D eigenvalue weighted by atomic mass is 35.5. The van der Waals surface area contributed by atoms with E-state index in [0.29, 0.717) is 21.5 Å². The molecule has 0 aliphatic carbocycles. The molecule has 0 saturated carbocycles. The standard InChI is InChI=1S/C23H15ClFN3O2/c24-18-10-4-1-7-15(18)13-14-21(29)27-28-22(16-8-2-5-11-19(16)25)26-20-12-6-3-9-17(20)23(28)30/h1-14H,(H,27,29). The van der Waals surface area contributed by atoms with Gasteiger partial charge < -0.3 is 0 Å². The summed E-state index contributed by atoms with van der Waals surface area (Å²) in [6.07, 6.45) is 2.77. The lowest BCUT2D eigenvalue weighted by molar-refractivity contribution is -0.112. The highest BCUT2D eigenvalue weighted by Crippen LogP contribution is 2.21. The fraction of sp³-hybridized carbons (Fsp3) is 0. The highest BCUT2D eigenvalue weighted by molar-refractivity contribution is 6.32. The van der Waals surface area contributed by atoms with Gasteiger partial charge in [-0.05, 0) is 42.0 Å². The average Bonchev–Trinajstić information content (AvgIpc) is 2.75. The number of rotatable bonds is 4. The number of nitrogens with one attached hydrogen (secondary N) is 1. The maximum absolute atomic E-state index is 14.4. The van der Waals surface area contributed by atoms with Crippen molar-refractivity contribution in [2.24, 2.45) is 0 Å². The van der Waals surface area contributed by atoms with E-state index in [9.17, 15) is 14.0 Å². The van der Waals surface area contributed by atoms with Crippen LogP contribution in [0.5, 0.6) is 0 Å². The molecule has 4 rings (SSSR count). The number of fused-ring (bicyclic) bond motifs is 1. The summed E-state index contributed by atoms with van der Waals surface area (Å²) in [6.45, 7) is 0. The van der Waals surface area contributed by atoms with Crippen LogP contribution in [0.1, 0.15) is 5.56 Å². The highest BCUT2D eigenvalue weighted by Gasteiger charge is 2.16. The lowest BCUT2D eigenvalue weighted by Crippen LogP contribution is -2.34. The summed E-state index contributed by atoms with van der Waals surface area (Å²) in [6, 6.07) is 19.6. The molecular formula is C23H15ClFN3O2. The Balaban J connectivity index is 1.79. The van der Waals surface area contributed by atoms with E-state index in [-0.39, 0.29) is 11.4 Å². The Labute approximate surface area is 176 Å². The normalized spacial score (nSPS) is 11.1. The Morgan fingerprint density at radius 2 is 1.70 bits per heavy atom. The van der Waals surface area contributed by atoms with Crippen molar-refractivity contribution in [1.29, 1.82) is 0 Å². The number of carbonyl (C=O) groups excluding carboxylic acids is 1. The lowest BCUT2D eigenvalue weighted by Gasteiger charge is -2.14. The number of carbonyl (C=O) groups is 1. The van der Waals surface area contributed by atoms with E-state index in [4.69, 9.17) is 11.6 Å². The maximum atomic E-state index is 14.4. The van der Waals surface area contributed by atoms with E-state index in [0.717, 1.165) is 4.68 Å². The SMILES string of the molecule is O=C(C=Cc1ccccc1Cl)Nn1c(-c2ccccc2F)nc2ccccc2c1=O. The first kappa shape index (κ1) is 19.5. The Kier molecular flexibility index (Phi) is 5.41.